The molecule has 0 spiro atoms. The average Bonchev–Trinajstić information content (AvgIpc) is 2.68. The summed E-state index contributed by atoms with van der Waals surface area (Å²) in [6.45, 7) is 7.51. The van der Waals surface area contributed by atoms with Gasteiger partial charge in [0.05, 0.1) is 0 Å². The third-order valence-corrected chi connectivity index (χ3v) is 4.49. The van der Waals surface area contributed by atoms with Gasteiger partial charge in [0, 0.05) is 19.1 Å². The van der Waals surface area contributed by atoms with Crippen molar-refractivity contribution in [2.75, 3.05) is 46.8 Å². The third-order valence-electron chi connectivity index (χ3n) is 4.49. The number of nitrogens with zero attached hydrogens (tertiary/aromatic N) is 2. The molecule has 1 aromatic rings. The van der Waals surface area contributed by atoms with Crippen molar-refractivity contribution in [3.05, 3.63) is 35.1 Å². The lowest BCUT2D eigenvalue weighted by Crippen LogP contribution is -2.32. The number of aryl methyl sites for hydroxylation is 1. The lowest BCUT2D eigenvalue weighted by Gasteiger charge is -2.24. The van der Waals surface area contributed by atoms with Crippen molar-refractivity contribution in [3.8, 4) is 0 Å². The van der Waals surface area contributed by atoms with Crippen LogP contribution < -0.4 is 5.32 Å². The molecule has 2 rings (SSSR count). The zero-order chi connectivity index (χ0) is 15.2. The molecule has 1 aromatic carbocycles. The van der Waals surface area contributed by atoms with Crippen LogP contribution in [0, 0.1) is 12.7 Å². The maximum absolute atomic E-state index is 13.7. The molecule has 1 N–H and O–H groups in total. The smallest absolute Gasteiger partial charge is 0.126 e. The molecular formula is C17H28FN3. The lowest BCUT2D eigenvalue weighted by atomic mass is 10.0. The van der Waals surface area contributed by atoms with Crippen LogP contribution in [0.15, 0.2) is 18.2 Å². The summed E-state index contributed by atoms with van der Waals surface area (Å²) in [4.78, 5) is 4.92. The predicted octanol–water partition coefficient (Wildman–Crippen LogP) is 2.42. The van der Waals surface area contributed by atoms with E-state index in [1.165, 1.54) is 19.5 Å². The van der Waals surface area contributed by atoms with Crippen molar-refractivity contribution in [1.82, 2.24) is 15.1 Å². The van der Waals surface area contributed by atoms with E-state index in [1.54, 1.807) is 13.0 Å². The van der Waals surface area contributed by atoms with Crippen molar-refractivity contribution < 1.29 is 4.39 Å². The molecule has 0 radical (unpaired) electrons. The van der Waals surface area contributed by atoms with Gasteiger partial charge in [-0.15, -0.1) is 0 Å². The van der Waals surface area contributed by atoms with Crippen LogP contribution in [0.25, 0.3) is 0 Å². The summed E-state index contributed by atoms with van der Waals surface area (Å²) < 4.78 is 13.7. The molecule has 3 nitrogen and oxygen atoms in total. The van der Waals surface area contributed by atoms with Crippen LogP contribution in [0.3, 0.4) is 0 Å². The average molecular weight is 293 g/mol. The van der Waals surface area contributed by atoms with E-state index in [-0.39, 0.29) is 11.9 Å². The summed E-state index contributed by atoms with van der Waals surface area (Å²) in [6, 6.07) is 5.80. The van der Waals surface area contributed by atoms with Gasteiger partial charge >= 0.3 is 0 Å². The van der Waals surface area contributed by atoms with E-state index < -0.39 is 0 Å². The number of halogens is 1. The van der Waals surface area contributed by atoms with E-state index in [9.17, 15) is 4.39 Å². The van der Waals surface area contributed by atoms with E-state index in [0.29, 0.717) is 5.56 Å². The second-order valence-electron chi connectivity index (χ2n) is 6.14. The Morgan fingerprint density at radius 2 is 2.05 bits per heavy atom. The summed E-state index contributed by atoms with van der Waals surface area (Å²) >= 11 is 0. The van der Waals surface area contributed by atoms with Crippen LogP contribution in [0.1, 0.15) is 30.0 Å². The Bertz CT molecular complexity index is 450. The van der Waals surface area contributed by atoms with Crippen molar-refractivity contribution >= 4 is 0 Å². The first kappa shape index (κ1) is 16.4. The Morgan fingerprint density at radius 1 is 1.24 bits per heavy atom. The maximum atomic E-state index is 13.7. The predicted molar refractivity (Wildman–Crippen MR) is 86.1 cm³/mol. The van der Waals surface area contributed by atoms with Gasteiger partial charge in [-0.25, -0.2) is 4.39 Å². The topological polar surface area (TPSA) is 18.5 Å². The normalized spacial score (nSPS) is 19.4. The molecule has 1 fully saturated rings. The zero-order valence-electron chi connectivity index (χ0n) is 13.5. The highest BCUT2D eigenvalue weighted by atomic mass is 19.1. The molecule has 1 aliphatic rings. The molecule has 0 aromatic heterocycles. The highest BCUT2D eigenvalue weighted by Crippen LogP contribution is 2.20. The number of likely N-dealkylation sites (N-methyl/N-ethyl adjacent to an activating group) is 1. The Morgan fingerprint density at radius 3 is 2.76 bits per heavy atom. The molecule has 1 heterocycles. The van der Waals surface area contributed by atoms with Crippen LogP contribution in [-0.4, -0.2) is 56.6 Å². The Balaban J connectivity index is 1.91. The fourth-order valence-corrected chi connectivity index (χ4v) is 2.94. The highest BCUT2D eigenvalue weighted by Gasteiger charge is 2.15. The van der Waals surface area contributed by atoms with Gasteiger partial charge in [-0.3, -0.25) is 0 Å². The SMILES string of the molecule is CNC(CCN1CCCN(C)CC1)c1ccc(C)c(F)c1. The highest BCUT2D eigenvalue weighted by molar-refractivity contribution is 5.25. The quantitative estimate of drug-likeness (QED) is 0.899. The van der Waals surface area contributed by atoms with E-state index in [4.69, 9.17) is 0 Å². The molecule has 0 amide bonds. The lowest BCUT2D eigenvalue weighted by molar-refractivity contribution is 0.262. The molecule has 0 aliphatic carbocycles. The maximum Gasteiger partial charge on any atom is 0.126 e. The van der Waals surface area contributed by atoms with Crippen LogP contribution in [-0.2, 0) is 0 Å². The molecule has 118 valence electrons. The van der Waals surface area contributed by atoms with E-state index >= 15 is 0 Å². The van der Waals surface area contributed by atoms with E-state index in [1.807, 2.05) is 19.2 Å². The van der Waals surface area contributed by atoms with Crippen LogP contribution >= 0.6 is 0 Å². The van der Waals surface area contributed by atoms with Crippen molar-refractivity contribution in [3.63, 3.8) is 0 Å². The second kappa shape index (κ2) is 7.87. The van der Waals surface area contributed by atoms with Crippen molar-refractivity contribution in [2.45, 2.75) is 25.8 Å². The third kappa shape index (κ3) is 4.77. The molecule has 1 saturated heterocycles. The standard InChI is InChI=1S/C17H28FN3/c1-14-5-6-15(13-16(14)18)17(19-2)7-10-21-9-4-8-20(3)11-12-21/h5-6,13,17,19H,4,7-12H2,1-3H3. The van der Waals surface area contributed by atoms with E-state index in [2.05, 4.69) is 22.2 Å². The minimum atomic E-state index is -0.107. The zero-order valence-corrected chi connectivity index (χ0v) is 13.5. The van der Waals surface area contributed by atoms with Gasteiger partial charge in [0.15, 0.2) is 0 Å². The molecule has 4 heteroatoms. The fraction of sp³-hybridized carbons (Fsp3) is 0.647. The number of rotatable bonds is 5. The summed E-state index contributed by atoms with van der Waals surface area (Å²) in [5, 5.41) is 3.33. The summed E-state index contributed by atoms with van der Waals surface area (Å²) in [7, 11) is 4.15. The number of hydrogen-bond donors (Lipinski definition) is 1. The monoisotopic (exact) mass is 293 g/mol. The minimum Gasteiger partial charge on any atom is -0.313 e. The van der Waals surface area contributed by atoms with Gasteiger partial charge in [0.1, 0.15) is 5.82 Å². The fourth-order valence-electron chi connectivity index (χ4n) is 2.94. The second-order valence-corrected chi connectivity index (χ2v) is 6.14. The van der Waals surface area contributed by atoms with Gasteiger partial charge in [-0.1, -0.05) is 12.1 Å². The molecule has 0 saturated carbocycles. The van der Waals surface area contributed by atoms with Crippen LogP contribution in [0.2, 0.25) is 0 Å². The number of nitrogens with one attached hydrogen (secondary N) is 1. The molecular weight excluding hydrogens is 265 g/mol. The Hall–Kier alpha value is -0.970. The number of hydrogen-bond acceptors (Lipinski definition) is 3. The van der Waals surface area contributed by atoms with Crippen LogP contribution in [0.4, 0.5) is 4.39 Å². The van der Waals surface area contributed by atoms with Crippen molar-refractivity contribution in [2.24, 2.45) is 0 Å². The number of benzene rings is 1. The van der Waals surface area contributed by atoms with Gasteiger partial charge in [0.2, 0.25) is 0 Å². The summed E-state index contributed by atoms with van der Waals surface area (Å²) in [5.41, 5.74) is 1.76. The largest absolute Gasteiger partial charge is 0.313 e. The van der Waals surface area contributed by atoms with Gasteiger partial charge in [-0.05, 0) is 70.7 Å². The van der Waals surface area contributed by atoms with Gasteiger partial charge in [0.25, 0.3) is 0 Å². The van der Waals surface area contributed by atoms with E-state index in [0.717, 1.165) is 31.6 Å². The minimum absolute atomic E-state index is 0.107. The first-order valence-corrected chi connectivity index (χ1v) is 7.94. The molecule has 0 bridgehead atoms. The van der Waals surface area contributed by atoms with Crippen molar-refractivity contribution in [1.29, 1.82) is 0 Å². The Labute approximate surface area is 128 Å². The first-order chi connectivity index (χ1) is 10.1. The summed E-state index contributed by atoms with van der Waals surface area (Å²) in [6.07, 6.45) is 2.25. The molecule has 1 unspecified atom stereocenters. The molecule has 1 aliphatic heterocycles. The van der Waals surface area contributed by atoms with Gasteiger partial charge < -0.3 is 15.1 Å². The molecule has 1 atom stereocenters. The molecule has 21 heavy (non-hydrogen) atoms. The van der Waals surface area contributed by atoms with Crippen LogP contribution in [0.5, 0.6) is 0 Å². The Kier molecular flexibility index (Phi) is 6.15. The first-order valence-electron chi connectivity index (χ1n) is 7.94. The van der Waals surface area contributed by atoms with Gasteiger partial charge in [-0.2, -0.15) is 0 Å². The summed E-state index contributed by atoms with van der Waals surface area (Å²) in [5.74, 6) is -0.107.